The molecule has 0 saturated heterocycles. The fourth-order valence-corrected chi connectivity index (χ4v) is 3.99. The van der Waals surface area contributed by atoms with Crippen LogP contribution in [0.5, 0.6) is 0 Å². The minimum atomic E-state index is -0.962. The molecule has 0 bridgehead atoms. The van der Waals surface area contributed by atoms with Gasteiger partial charge < -0.3 is 15.2 Å². The molecule has 0 aliphatic heterocycles. The van der Waals surface area contributed by atoms with Crippen LogP contribution in [0.3, 0.4) is 0 Å². The lowest BCUT2D eigenvalue weighted by Crippen LogP contribution is -2.29. The van der Waals surface area contributed by atoms with Crippen molar-refractivity contribution in [3.05, 3.63) is 120 Å². The first-order valence-electron chi connectivity index (χ1n) is 14.9. The van der Waals surface area contributed by atoms with Crippen LogP contribution < -0.4 is 5.32 Å². The summed E-state index contributed by atoms with van der Waals surface area (Å²) in [7, 11) is 0. The lowest BCUT2D eigenvalue weighted by Gasteiger charge is -2.18. The second kappa shape index (κ2) is 18.3. The third kappa shape index (κ3) is 11.3. The number of ketones is 2. The number of hydrogen-bond donors (Lipinski definition) is 2. The van der Waals surface area contributed by atoms with E-state index in [0.29, 0.717) is 16.6 Å². The minimum absolute atomic E-state index is 0. The number of fused-ring (bicyclic) bond motifs is 1. The van der Waals surface area contributed by atoms with Crippen molar-refractivity contribution in [1.29, 1.82) is 0 Å². The van der Waals surface area contributed by atoms with E-state index in [1.807, 2.05) is 60.7 Å². The fraction of sp³-hybridized carbons (Fsp3) is 0.211. The van der Waals surface area contributed by atoms with E-state index in [1.54, 1.807) is 59.1 Å². The molecule has 2 N–H and O–H groups in total. The normalized spacial score (nSPS) is 10.1. The molecule has 254 valence electrons. The van der Waals surface area contributed by atoms with Crippen LogP contribution >= 0.6 is 0 Å². The van der Waals surface area contributed by atoms with E-state index in [4.69, 9.17) is 0 Å². The molecule has 0 unspecified atom stereocenters. The number of benzene rings is 2. The lowest BCUT2D eigenvalue weighted by atomic mass is 9.95. The average molecular weight is 665 g/mol. The summed E-state index contributed by atoms with van der Waals surface area (Å²) in [4.78, 5) is 69.6. The molecule has 0 atom stereocenters. The van der Waals surface area contributed by atoms with Crippen molar-refractivity contribution in [2.75, 3.05) is 11.9 Å². The number of carboxylic acids is 1. The Labute approximate surface area is 285 Å². The predicted molar refractivity (Wildman–Crippen MR) is 188 cm³/mol. The highest BCUT2D eigenvalue weighted by Crippen LogP contribution is 2.24. The summed E-state index contributed by atoms with van der Waals surface area (Å²) >= 11 is 0. The van der Waals surface area contributed by atoms with Crippen LogP contribution in [0.4, 0.5) is 5.69 Å². The van der Waals surface area contributed by atoms with E-state index in [2.05, 4.69) is 25.0 Å². The van der Waals surface area contributed by atoms with Gasteiger partial charge in [-0.25, -0.2) is 14.6 Å². The Morgan fingerprint density at radius 3 is 1.96 bits per heavy atom. The number of hydrogen-bond acceptors (Lipinski definition) is 9. The molecule has 3 heterocycles. The summed E-state index contributed by atoms with van der Waals surface area (Å²) in [6, 6.07) is 23.4. The smallest absolute Gasteiger partial charge is 0.379 e. The van der Waals surface area contributed by atoms with Crippen molar-refractivity contribution in [2.24, 2.45) is 5.41 Å². The van der Waals surface area contributed by atoms with Crippen molar-refractivity contribution in [3.8, 4) is 11.3 Å². The molecule has 3 aromatic heterocycles. The summed E-state index contributed by atoms with van der Waals surface area (Å²) in [5.74, 6) is -2.88. The van der Waals surface area contributed by atoms with Crippen molar-refractivity contribution >= 4 is 46.0 Å². The van der Waals surface area contributed by atoms with Crippen LogP contribution in [0.25, 0.3) is 22.2 Å². The minimum Gasteiger partial charge on any atom is -0.478 e. The maximum atomic E-state index is 11.9. The maximum absolute atomic E-state index is 11.9. The van der Waals surface area contributed by atoms with Gasteiger partial charge in [0, 0.05) is 34.3 Å². The Balaban J connectivity index is 0.000000269. The number of amides is 1. The lowest BCUT2D eigenvalue weighted by molar-refractivity contribution is -0.137. The molecular formula is C38H40N4O7. The van der Waals surface area contributed by atoms with Crippen LogP contribution in [0.15, 0.2) is 104 Å². The molecule has 0 saturated carbocycles. The van der Waals surface area contributed by atoms with E-state index in [0.717, 1.165) is 11.1 Å². The van der Waals surface area contributed by atoms with Gasteiger partial charge in [0.25, 0.3) is 5.78 Å². The first-order valence-corrected chi connectivity index (χ1v) is 14.9. The standard InChI is InChI=1S/C15H10N2O2.C14H18N2O4.C8H8O.CH4/c18-15(19)12-8-13(10-4-2-1-3-5-10)17-14-9-16-7-6-11(12)14;1-5-20-12(18)11(17)9-6-7-15-8-10(9)16-13(19)14(2,3)4;1-7(9)8-5-3-2-4-6-8;/h1-9H,(H,18,19);6-8H,5H2,1-4H3,(H,16,19);2-6H,1H3;1H4. The summed E-state index contributed by atoms with van der Waals surface area (Å²) in [5.41, 5.74) is 2.76. The Bertz CT molecular complexity index is 1900. The molecule has 0 fully saturated rings. The zero-order valence-electron chi connectivity index (χ0n) is 27.3. The molecule has 0 aliphatic rings. The summed E-state index contributed by atoms with van der Waals surface area (Å²) in [6.45, 7) is 8.51. The summed E-state index contributed by atoms with van der Waals surface area (Å²) in [6.07, 6.45) is 5.85. The van der Waals surface area contributed by atoms with Gasteiger partial charge in [0.2, 0.25) is 5.91 Å². The van der Waals surface area contributed by atoms with Gasteiger partial charge in [0.1, 0.15) is 0 Å². The largest absolute Gasteiger partial charge is 0.478 e. The first-order chi connectivity index (χ1) is 22.8. The molecular weight excluding hydrogens is 624 g/mol. The van der Waals surface area contributed by atoms with Gasteiger partial charge in [0.15, 0.2) is 5.78 Å². The van der Waals surface area contributed by atoms with Crippen LogP contribution in [0.1, 0.15) is 73.1 Å². The molecule has 0 radical (unpaired) electrons. The SMILES string of the molecule is C.CC(=O)c1ccccc1.CCOC(=O)C(=O)c1ccncc1NC(=O)C(C)(C)C.O=C(O)c1cc(-c2ccccc2)nc2cnccc12. The first kappa shape index (κ1) is 39.1. The third-order valence-corrected chi connectivity index (χ3v) is 6.55. The molecule has 2 aromatic carbocycles. The molecule has 49 heavy (non-hydrogen) atoms. The number of carbonyl (C=O) groups is 5. The van der Waals surface area contributed by atoms with Gasteiger partial charge in [-0.05, 0) is 32.0 Å². The number of anilines is 1. The second-order valence-corrected chi connectivity index (χ2v) is 11.2. The third-order valence-electron chi connectivity index (χ3n) is 6.55. The summed E-state index contributed by atoms with van der Waals surface area (Å²) < 4.78 is 4.66. The van der Waals surface area contributed by atoms with Crippen molar-refractivity contribution in [2.45, 2.75) is 42.0 Å². The number of Topliss-reactive ketones (excluding diaryl/α,β-unsaturated/α-hetero) is 2. The Morgan fingerprint density at radius 1 is 0.816 bits per heavy atom. The number of aromatic carboxylic acids is 1. The highest BCUT2D eigenvalue weighted by atomic mass is 16.5. The quantitative estimate of drug-likeness (QED) is 0.102. The highest BCUT2D eigenvalue weighted by Gasteiger charge is 2.25. The van der Waals surface area contributed by atoms with E-state index in [9.17, 15) is 29.1 Å². The van der Waals surface area contributed by atoms with Gasteiger partial charge in [0.05, 0.1) is 47.0 Å². The van der Waals surface area contributed by atoms with Crippen molar-refractivity contribution < 1.29 is 33.8 Å². The number of nitrogens with one attached hydrogen (secondary N) is 1. The zero-order chi connectivity index (χ0) is 35.3. The van der Waals surface area contributed by atoms with Crippen LogP contribution in [0.2, 0.25) is 0 Å². The van der Waals surface area contributed by atoms with E-state index in [-0.39, 0.29) is 42.5 Å². The van der Waals surface area contributed by atoms with Gasteiger partial charge in [-0.15, -0.1) is 0 Å². The van der Waals surface area contributed by atoms with Crippen LogP contribution in [-0.2, 0) is 14.3 Å². The Kier molecular flexibility index (Phi) is 14.6. The molecule has 5 aromatic rings. The average Bonchev–Trinajstić information content (AvgIpc) is 3.08. The number of carbonyl (C=O) groups excluding carboxylic acids is 4. The molecule has 5 rings (SSSR count). The second-order valence-electron chi connectivity index (χ2n) is 11.2. The molecule has 0 aliphatic carbocycles. The van der Waals surface area contributed by atoms with Crippen molar-refractivity contribution in [1.82, 2.24) is 15.0 Å². The molecule has 11 nitrogen and oxygen atoms in total. The monoisotopic (exact) mass is 664 g/mol. The number of pyridine rings is 3. The fourth-order valence-electron chi connectivity index (χ4n) is 3.99. The van der Waals surface area contributed by atoms with Crippen molar-refractivity contribution in [3.63, 3.8) is 0 Å². The molecule has 11 heteroatoms. The van der Waals surface area contributed by atoms with E-state index >= 15 is 0 Å². The van der Waals surface area contributed by atoms with Gasteiger partial charge in [-0.1, -0.05) is 88.9 Å². The number of rotatable bonds is 7. The molecule has 1 amide bonds. The summed E-state index contributed by atoms with van der Waals surface area (Å²) in [5, 5.41) is 12.5. The zero-order valence-corrected chi connectivity index (χ0v) is 27.3. The number of esters is 1. The van der Waals surface area contributed by atoms with E-state index in [1.165, 1.54) is 18.5 Å². The predicted octanol–water partition coefficient (Wildman–Crippen LogP) is 7.33. The molecule has 0 spiro atoms. The highest BCUT2D eigenvalue weighted by molar-refractivity contribution is 6.42. The number of aromatic nitrogens is 3. The maximum Gasteiger partial charge on any atom is 0.379 e. The van der Waals surface area contributed by atoms with Gasteiger partial charge in [-0.2, -0.15) is 0 Å². The number of ether oxygens (including phenoxy) is 1. The Morgan fingerprint density at radius 2 is 1.41 bits per heavy atom. The topological polar surface area (TPSA) is 166 Å². The van der Waals surface area contributed by atoms with E-state index < -0.39 is 23.1 Å². The van der Waals surface area contributed by atoms with Gasteiger partial charge >= 0.3 is 11.9 Å². The van der Waals surface area contributed by atoms with Gasteiger partial charge in [-0.3, -0.25) is 24.4 Å². The van der Waals surface area contributed by atoms with Crippen LogP contribution in [0, 0.1) is 5.41 Å². The van der Waals surface area contributed by atoms with Crippen LogP contribution in [-0.4, -0.2) is 56.1 Å². The number of carboxylic acid groups (broad SMARTS) is 1. The Hall–Kier alpha value is -6.10. The number of nitrogens with zero attached hydrogens (tertiary/aromatic N) is 3.